The van der Waals surface area contributed by atoms with Crippen molar-refractivity contribution in [2.45, 2.75) is 31.8 Å². The Bertz CT molecular complexity index is 430. The van der Waals surface area contributed by atoms with Gasteiger partial charge in [-0.2, -0.15) is 0 Å². The highest BCUT2D eigenvalue weighted by atomic mass is 16.6. The Balaban J connectivity index is 2.25. The molecule has 3 N–H and O–H groups in total. The third-order valence-corrected chi connectivity index (χ3v) is 3.75. The van der Waals surface area contributed by atoms with Gasteiger partial charge >= 0.3 is 6.09 Å². The maximum absolute atomic E-state index is 11.2. The van der Waals surface area contributed by atoms with E-state index in [9.17, 15) is 4.79 Å². The van der Waals surface area contributed by atoms with E-state index in [0.29, 0.717) is 12.5 Å². The number of hydrogen-bond acceptors (Lipinski definition) is 3. The van der Waals surface area contributed by atoms with Gasteiger partial charge in [-0.3, -0.25) is 0 Å². The van der Waals surface area contributed by atoms with Gasteiger partial charge in [-0.05, 0) is 23.5 Å². The van der Waals surface area contributed by atoms with E-state index in [0.717, 1.165) is 12.0 Å². The van der Waals surface area contributed by atoms with Crippen LogP contribution in [-0.2, 0) is 10.3 Å². The lowest BCUT2D eigenvalue weighted by Crippen LogP contribution is -2.38. The van der Waals surface area contributed by atoms with Gasteiger partial charge in [0, 0.05) is 6.54 Å². The molecule has 1 heterocycles. The number of benzene rings is 1. The van der Waals surface area contributed by atoms with Crippen molar-refractivity contribution in [3.05, 3.63) is 35.4 Å². The quantitative estimate of drug-likeness (QED) is 0.857. The molecule has 0 spiro atoms. The highest BCUT2D eigenvalue weighted by molar-refractivity contribution is 5.70. The fourth-order valence-electron chi connectivity index (χ4n) is 2.21. The van der Waals surface area contributed by atoms with Gasteiger partial charge in [0.1, 0.15) is 0 Å². The zero-order valence-corrected chi connectivity index (χ0v) is 10.9. The third-order valence-electron chi connectivity index (χ3n) is 3.75. The van der Waals surface area contributed by atoms with Gasteiger partial charge in [0.15, 0.2) is 5.60 Å². The van der Waals surface area contributed by atoms with Gasteiger partial charge in [0.25, 0.3) is 0 Å². The Kier molecular flexibility index (Phi) is 3.57. The minimum absolute atomic E-state index is 0.286. The van der Waals surface area contributed by atoms with Crippen LogP contribution in [0.4, 0.5) is 4.79 Å². The molecular formula is C14H20N2O2. The van der Waals surface area contributed by atoms with E-state index in [2.05, 4.69) is 31.3 Å². The van der Waals surface area contributed by atoms with Crippen LogP contribution in [0.5, 0.6) is 0 Å². The molecule has 1 amide bonds. The molecule has 18 heavy (non-hydrogen) atoms. The van der Waals surface area contributed by atoms with E-state index in [1.807, 2.05) is 12.1 Å². The summed E-state index contributed by atoms with van der Waals surface area (Å²) in [7, 11) is 0. The lowest BCUT2D eigenvalue weighted by molar-refractivity contribution is 0.0617. The zero-order chi connectivity index (χ0) is 13.2. The first-order chi connectivity index (χ1) is 8.61. The standard InChI is InChI=1S/C14H20N2O2/c1-3-10(2)11-4-6-12(7-5-11)14(8-15)9-16-13(17)18-14/h4-7,10H,3,8-9,15H2,1-2H3,(H,16,17). The van der Waals surface area contributed by atoms with Gasteiger partial charge in [-0.25, -0.2) is 4.79 Å². The normalized spacial score (nSPS) is 24.5. The molecule has 4 heteroatoms. The molecule has 4 nitrogen and oxygen atoms in total. The van der Waals surface area contributed by atoms with Crippen molar-refractivity contribution >= 4 is 6.09 Å². The van der Waals surface area contributed by atoms with E-state index in [-0.39, 0.29) is 6.54 Å². The molecule has 1 saturated heterocycles. The summed E-state index contributed by atoms with van der Waals surface area (Å²) in [5.41, 5.74) is 7.32. The topological polar surface area (TPSA) is 64.3 Å². The average molecular weight is 248 g/mol. The summed E-state index contributed by atoms with van der Waals surface area (Å²) in [5, 5.41) is 2.67. The molecule has 1 fully saturated rings. The monoisotopic (exact) mass is 248 g/mol. The molecule has 1 aliphatic heterocycles. The van der Waals surface area contributed by atoms with E-state index in [1.165, 1.54) is 5.56 Å². The lowest BCUT2D eigenvalue weighted by atomic mass is 9.90. The van der Waals surface area contributed by atoms with Crippen LogP contribution in [0, 0.1) is 0 Å². The summed E-state index contributed by atoms with van der Waals surface area (Å²) < 4.78 is 5.34. The molecule has 0 aliphatic carbocycles. The minimum Gasteiger partial charge on any atom is -0.435 e. The Morgan fingerprint density at radius 3 is 2.56 bits per heavy atom. The first-order valence-corrected chi connectivity index (χ1v) is 6.38. The van der Waals surface area contributed by atoms with Crippen LogP contribution in [-0.4, -0.2) is 19.2 Å². The second-order valence-corrected chi connectivity index (χ2v) is 4.87. The Morgan fingerprint density at radius 1 is 1.44 bits per heavy atom. The van der Waals surface area contributed by atoms with E-state index in [1.54, 1.807) is 0 Å². The molecule has 98 valence electrons. The lowest BCUT2D eigenvalue weighted by Gasteiger charge is -2.25. The van der Waals surface area contributed by atoms with Crippen LogP contribution in [0.25, 0.3) is 0 Å². The van der Waals surface area contributed by atoms with Crippen LogP contribution >= 0.6 is 0 Å². The van der Waals surface area contributed by atoms with Crippen molar-refractivity contribution in [3.8, 4) is 0 Å². The molecule has 2 unspecified atom stereocenters. The van der Waals surface area contributed by atoms with Crippen LogP contribution in [0.1, 0.15) is 37.3 Å². The number of nitrogens with two attached hydrogens (primary N) is 1. The van der Waals surface area contributed by atoms with Gasteiger partial charge in [-0.15, -0.1) is 0 Å². The second kappa shape index (κ2) is 4.98. The fourth-order valence-corrected chi connectivity index (χ4v) is 2.21. The highest BCUT2D eigenvalue weighted by Crippen LogP contribution is 2.29. The molecule has 1 aromatic rings. The van der Waals surface area contributed by atoms with Gasteiger partial charge in [0.05, 0.1) is 6.54 Å². The molecular weight excluding hydrogens is 228 g/mol. The molecule has 0 bridgehead atoms. The average Bonchev–Trinajstić information content (AvgIpc) is 2.81. The summed E-state index contributed by atoms with van der Waals surface area (Å²) >= 11 is 0. The van der Waals surface area contributed by atoms with Crippen molar-refractivity contribution in [2.75, 3.05) is 13.1 Å². The van der Waals surface area contributed by atoms with Crippen molar-refractivity contribution in [3.63, 3.8) is 0 Å². The first kappa shape index (κ1) is 12.9. The number of alkyl carbamates (subject to hydrolysis) is 1. The van der Waals surface area contributed by atoms with E-state index < -0.39 is 11.7 Å². The van der Waals surface area contributed by atoms with Gasteiger partial charge < -0.3 is 15.8 Å². The van der Waals surface area contributed by atoms with E-state index >= 15 is 0 Å². The number of rotatable bonds is 4. The number of carbonyl (C=O) groups excluding carboxylic acids is 1. The Hall–Kier alpha value is -1.55. The van der Waals surface area contributed by atoms with Crippen molar-refractivity contribution in [1.29, 1.82) is 0 Å². The van der Waals surface area contributed by atoms with Crippen molar-refractivity contribution < 1.29 is 9.53 Å². The maximum Gasteiger partial charge on any atom is 0.408 e. The van der Waals surface area contributed by atoms with Crippen molar-refractivity contribution in [1.82, 2.24) is 5.32 Å². The molecule has 1 aliphatic rings. The van der Waals surface area contributed by atoms with Crippen LogP contribution in [0.2, 0.25) is 0 Å². The number of nitrogens with one attached hydrogen (secondary N) is 1. The predicted molar refractivity (Wildman–Crippen MR) is 70.4 cm³/mol. The third kappa shape index (κ3) is 2.20. The molecule has 2 atom stereocenters. The largest absolute Gasteiger partial charge is 0.435 e. The molecule has 2 rings (SSSR count). The Morgan fingerprint density at radius 2 is 2.11 bits per heavy atom. The predicted octanol–water partition coefficient (Wildman–Crippen LogP) is 2.09. The fraction of sp³-hybridized carbons (Fsp3) is 0.500. The Labute approximate surface area is 108 Å². The first-order valence-electron chi connectivity index (χ1n) is 6.38. The number of carbonyl (C=O) groups is 1. The number of hydrogen-bond donors (Lipinski definition) is 2. The maximum atomic E-state index is 11.2. The van der Waals surface area contributed by atoms with Crippen LogP contribution in [0.15, 0.2) is 24.3 Å². The molecule has 0 aromatic heterocycles. The second-order valence-electron chi connectivity index (χ2n) is 4.87. The molecule has 1 aromatic carbocycles. The van der Waals surface area contributed by atoms with Gasteiger partial charge in [0.2, 0.25) is 0 Å². The molecule has 0 radical (unpaired) electrons. The summed E-state index contributed by atoms with van der Waals surface area (Å²) in [5.74, 6) is 0.539. The SMILES string of the molecule is CCC(C)c1ccc(C2(CN)CNC(=O)O2)cc1. The summed E-state index contributed by atoms with van der Waals surface area (Å²) in [6, 6.07) is 8.20. The number of amides is 1. The molecule has 0 saturated carbocycles. The summed E-state index contributed by atoms with van der Waals surface area (Å²) in [6.45, 7) is 5.09. The van der Waals surface area contributed by atoms with Crippen LogP contribution in [0.3, 0.4) is 0 Å². The minimum atomic E-state index is -0.703. The van der Waals surface area contributed by atoms with Crippen LogP contribution < -0.4 is 11.1 Å². The van der Waals surface area contributed by atoms with E-state index in [4.69, 9.17) is 10.5 Å². The number of cyclic esters (lactones) is 1. The summed E-state index contributed by atoms with van der Waals surface area (Å²) in [6.07, 6.45) is 0.712. The zero-order valence-electron chi connectivity index (χ0n) is 10.9. The van der Waals surface area contributed by atoms with Crippen molar-refractivity contribution in [2.24, 2.45) is 5.73 Å². The summed E-state index contributed by atoms with van der Waals surface area (Å²) in [4.78, 5) is 11.2. The number of ether oxygens (including phenoxy) is 1. The highest BCUT2D eigenvalue weighted by Gasteiger charge is 2.40. The van der Waals surface area contributed by atoms with Gasteiger partial charge in [-0.1, -0.05) is 38.1 Å². The smallest absolute Gasteiger partial charge is 0.408 e.